The van der Waals surface area contributed by atoms with Crippen molar-refractivity contribution in [1.29, 1.82) is 0 Å². The summed E-state index contributed by atoms with van der Waals surface area (Å²) in [5, 5.41) is 8.00. The maximum atomic E-state index is 8.52. The normalized spacial score (nSPS) is 13.1. The van der Waals surface area contributed by atoms with Gasteiger partial charge in [0.25, 0.3) is 0 Å². The third-order valence-electron chi connectivity index (χ3n) is 8.89. The number of fused-ring (bicyclic) bond motifs is 4. The van der Waals surface area contributed by atoms with Gasteiger partial charge < -0.3 is 4.42 Å². The van der Waals surface area contributed by atoms with E-state index in [0.717, 1.165) is 22.1 Å². The van der Waals surface area contributed by atoms with Gasteiger partial charge in [0.15, 0.2) is 3.77 Å². The first-order chi connectivity index (χ1) is 24.8. The van der Waals surface area contributed by atoms with Crippen LogP contribution in [-0.4, -0.2) is 0 Å². The molecule has 2 heteroatoms. The fourth-order valence-electron chi connectivity index (χ4n) is 6.86. The van der Waals surface area contributed by atoms with Crippen molar-refractivity contribution in [2.45, 2.75) is 0 Å². The molecule has 1 aromatic heterocycles. The number of hydrogen-bond acceptors (Lipinski definition) is 1. The lowest BCUT2D eigenvalue weighted by Gasteiger charge is -2.19. The van der Waals surface area contributed by atoms with Crippen molar-refractivity contribution in [3.8, 4) is 44.5 Å². The molecule has 46 heavy (non-hydrogen) atoms. The van der Waals surface area contributed by atoms with E-state index in [0.29, 0.717) is 14.9 Å². The van der Waals surface area contributed by atoms with Gasteiger partial charge in [0.1, 0.15) is 5.58 Å². The van der Waals surface area contributed by atoms with Gasteiger partial charge in [0.2, 0.25) is 0 Å². The Kier molecular flexibility index (Phi) is 5.34. The summed E-state index contributed by atoms with van der Waals surface area (Å²) in [4.78, 5) is 0. The third-order valence-corrected chi connectivity index (χ3v) is 9.65. The summed E-state index contributed by atoms with van der Waals surface area (Å²) >= 11 is 2.20. The van der Waals surface area contributed by atoms with Gasteiger partial charge in [-0.1, -0.05) is 152 Å². The van der Waals surface area contributed by atoms with E-state index in [9.17, 15) is 0 Å². The zero-order chi connectivity index (χ0) is 35.0. The van der Waals surface area contributed by atoms with E-state index >= 15 is 0 Å². The number of rotatable bonds is 4. The quantitative estimate of drug-likeness (QED) is 0.131. The molecule has 0 unspecified atom stereocenters. The smallest absolute Gasteiger partial charge is 0.172 e. The van der Waals surface area contributed by atoms with Crippen molar-refractivity contribution >= 4 is 65.9 Å². The van der Waals surface area contributed by atoms with Crippen molar-refractivity contribution < 1.29 is 11.3 Å². The second kappa shape index (κ2) is 11.0. The van der Waals surface area contributed by atoms with Gasteiger partial charge in [-0.15, -0.1) is 0 Å². The van der Waals surface area contributed by atoms with Crippen molar-refractivity contribution in [1.82, 2.24) is 0 Å². The highest BCUT2D eigenvalue weighted by Crippen LogP contribution is 2.46. The minimum atomic E-state index is -0.405. The van der Waals surface area contributed by atoms with E-state index in [2.05, 4.69) is 138 Å². The van der Waals surface area contributed by atoms with Gasteiger partial charge in [-0.05, 0) is 83.4 Å². The van der Waals surface area contributed by atoms with E-state index in [1.54, 1.807) is 12.1 Å². The van der Waals surface area contributed by atoms with Crippen LogP contribution in [0.4, 0.5) is 0 Å². The van der Waals surface area contributed by atoms with Crippen LogP contribution in [0.5, 0.6) is 0 Å². The monoisotopic (exact) mass is 703 g/mol. The Morgan fingerprint density at radius 1 is 0.435 bits per heavy atom. The zero-order valence-corrected chi connectivity index (χ0v) is 26.6. The molecule has 0 bridgehead atoms. The molecule has 9 aromatic rings. The molecule has 0 aliphatic rings. The maximum absolute atomic E-state index is 8.52. The Hall–Kier alpha value is -5.19. The summed E-state index contributed by atoms with van der Waals surface area (Å²) < 4.78 is 48.3. The lowest BCUT2D eigenvalue weighted by molar-refractivity contribution is 0.585. The Labute approximate surface area is 287 Å². The maximum Gasteiger partial charge on any atom is 0.172 e. The molecule has 0 aliphatic heterocycles. The lowest BCUT2D eigenvalue weighted by Crippen LogP contribution is -1.91. The standard InChI is InChI=1S/C44H27IO/c45-44-42(39-27-32(25-26-40(39)46-44)28-11-2-1-3-12-28)31-23-21-30(22-24-31)41-35-16-6-8-18-37(35)43(38-19-9-7-17-36(38)41)34-20-10-14-29-13-4-5-15-33(29)34/h1-27H/i1D,2D,3D,11D,12D. The van der Waals surface area contributed by atoms with Gasteiger partial charge in [-0.3, -0.25) is 0 Å². The number of benzene rings is 8. The molecular formula is C44H27IO. The van der Waals surface area contributed by atoms with E-state index in [1.165, 1.54) is 49.0 Å². The highest BCUT2D eigenvalue weighted by atomic mass is 127. The highest BCUT2D eigenvalue weighted by molar-refractivity contribution is 14.1. The molecule has 1 nitrogen and oxygen atoms in total. The molecule has 0 aliphatic carbocycles. The first kappa shape index (κ1) is 22.3. The molecule has 0 radical (unpaired) electrons. The molecule has 0 amide bonds. The average Bonchev–Trinajstić information content (AvgIpc) is 3.50. The van der Waals surface area contributed by atoms with Crippen molar-refractivity contribution in [3.63, 3.8) is 0 Å². The van der Waals surface area contributed by atoms with E-state index in [1.807, 2.05) is 6.07 Å². The van der Waals surface area contributed by atoms with Crippen LogP contribution < -0.4 is 0 Å². The zero-order valence-electron chi connectivity index (χ0n) is 29.5. The van der Waals surface area contributed by atoms with Crippen LogP contribution in [0.2, 0.25) is 0 Å². The largest absolute Gasteiger partial charge is 0.450 e. The predicted octanol–water partition coefficient (Wildman–Crippen LogP) is 13.2. The third kappa shape index (κ3) is 4.36. The Bertz CT molecular complexity index is 2780. The second-order valence-corrected chi connectivity index (χ2v) is 12.4. The molecule has 0 spiro atoms. The van der Waals surface area contributed by atoms with Crippen molar-refractivity contribution in [2.24, 2.45) is 0 Å². The van der Waals surface area contributed by atoms with Gasteiger partial charge >= 0.3 is 0 Å². The van der Waals surface area contributed by atoms with Crippen LogP contribution in [-0.2, 0) is 0 Å². The van der Waals surface area contributed by atoms with Crippen LogP contribution in [0.3, 0.4) is 0 Å². The summed E-state index contributed by atoms with van der Waals surface area (Å²) in [5.41, 5.74) is 7.94. The molecule has 0 fully saturated rings. The average molecular weight is 704 g/mol. The first-order valence-electron chi connectivity index (χ1n) is 17.6. The molecule has 0 saturated heterocycles. The highest BCUT2D eigenvalue weighted by Gasteiger charge is 2.19. The number of halogens is 1. The van der Waals surface area contributed by atoms with Gasteiger partial charge in [0, 0.05) is 33.5 Å². The lowest BCUT2D eigenvalue weighted by atomic mass is 9.84. The topological polar surface area (TPSA) is 13.1 Å². The summed E-state index contributed by atoms with van der Waals surface area (Å²) in [6.45, 7) is 0. The van der Waals surface area contributed by atoms with E-state index < -0.39 is 6.04 Å². The fraction of sp³-hybridized carbons (Fsp3) is 0. The molecule has 216 valence electrons. The van der Waals surface area contributed by atoms with Crippen LogP contribution in [0, 0.1) is 3.77 Å². The van der Waals surface area contributed by atoms with Crippen LogP contribution >= 0.6 is 22.6 Å². The Balaban J connectivity index is 1.22. The Morgan fingerprint density at radius 2 is 0.978 bits per heavy atom. The first-order valence-corrected chi connectivity index (χ1v) is 16.2. The molecular weight excluding hydrogens is 671 g/mol. The van der Waals surface area contributed by atoms with E-state index in [-0.39, 0.29) is 29.7 Å². The Morgan fingerprint density at radius 3 is 1.65 bits per heavy atom. The molecule has 9 rings (SSSR count). The van der Waals surface area contributed by atoms with Crippen LogP contribution in [0.1, 0.15) is 6.85 Å². The summed E-state index contributed by atoms with van der Waals surface area (Å²) in [5.74, 6) is 0. The molecule has 0 atom stereocenters. The molecule has 0 saturated carbocycles. The van der Waals surface area contributed by atoms with Gasteiger partial charge in [-0.25, -0.2) is 0 Å². The minimum absolute atomic E-state index is 0.172. The van der Waals surface area contributed by atoms with Gasteiger partial charge in [0.05, 0.1) is 6.85 Å². The molecule has 1 heterocycles. The van der Waals surface area contributed by atoms with Crippen molar-refractivity contribution in [2.75, 3.05) is 0 Å². The van der Waals surface area contributed by atoms with Crippen LogP contribution in [0.15, 0.2) is 168 Å². The molecule has 8 aromatic carbocycles. The van der Waals surface area contributed by atoms with Gasteiger partial charge in [-0.2, -0.15) is 0 Å². The fourth-order valence-corrected chi connectivity index (χ4v) is 7.70. The van der Waals surface area contributed by atoms with Crippen LogP contribution in [0.25, 0.3) is 87.8 Å². The minimum Gasteiger partial charge on any atom is -0.450 e. The molecule has 0 N–H and O–H groups in total. The SMILES string of the molecule is [2H]c1c([2H])c([2H])c(-c2ccc3oc(I)c(-c4ccc(-c5c6ccccc6c(-c6cccc7ccccc67)c6ccccc56)cc4)c3c2)c([2H])c1[2H]. The number of hydrogen-bond donors (Lipinski definition) is 0. The second-order valence-electron chi connectivity index (χ2n) is 11.4. The summed E-state index contributed by atoms with van der Waals surface area (Å²) in [7, 11) is 0. The summed E-state index contributed by atoms with van der Waals surface area (Å²) in [6.07, 6.45) is 0. The number of furan rings is 1. The van der Waals surface area contributed by atoms with Crippen molar-refractivity contribution in [3.05, 3.63) is 167 Å². The summed E-state index contributed by atoms with van der Waals surface area (Å²) in [6, 6.07) is 44.8. The predicted molar refractivity (Wildman–Crippen MR) is 203 cm³/mol. The van der Waals surface area contributed by atoms with E-state index in [4.69, 9.17) is 11.3 Å².